The van der Waals surface area contributed by atoms with Gasteiger partial charge in [-0.25, -0.2) is 9.79 Å². The van der Waals surface area contributed by atoms with Crippen LogP contribution in [0.5, 0.6) is 11.6 Å². The summed E-state index contributed by atoms with van der Waals surface area (Å²) in [5.74, 6) is -1.11. The van der Waals surface area contributed by atoms with E-state index in [9.17, 15) is 24.3 Å². The Labute approximate surface area is 219 Å². The molecule has 2 heterocycles. The van der Waals surface area contributed by atoms with E-state index in [4.69, 9.17) is 16.3 Å². The number of halogens is 1. The first kappa shape index (κ1) is 26.0. The van der Waals surface area contributed by atoms with Crippen molar-refractivity contribution in [2.24, 2.45) is 4.99 Å². The van der Waals surface area contributed by atoms with Gasteiger partial charge in [0.05, 0.1) is 6.61 Å². The van der Waals surface area contributed by atoms with Crippen LogP contribution in [0.15, 0.2) is 63.1 Å². The van der Waals surface area contributed by atoms with Crippen molar-refractivity contribution in [3.05, 3.63) is 85.5 Å². The van der Waals surface area contributed by atoms with Crippen LogP contribution in [0.3, 0.4) is 0 Å². The van der Waals surface area contributed by atoms with E-state index >= 15 is 0 Å². The van der Waals surface area contributed by atoms with Gasteiger partial charge in [-0.05, 0) is 31.2 Å². The van der Waals surface area contributed by atoms with Crippen LogP contribution in [0.4, 0.5) is 5.69 Å². The van der Waals surface area contributed by atoms with Gasteiger partial charge in [-0.15, -0.1) is 0 Å². The summed E-state index contributed by atoms with van der Waals surface area (Å²) in [6.45, 7) is 2.11. The summed E-state index contributed by atoms with van der Waals surface area (Å²) in [5, 5.41) is 15.6. The van der Waals surface area contributed by atoms with E-state index in [-0.39, 0.29) is 17.2 Å². The fraction of sp³-hybridized carbons (Fsp3) is 0.208. The van der Waals surface area contributed by atoms with Gasteiger partial charge in [-0.3, -0.25) is 24.4 Å². The van der Waals surface area contributed by atoms with Gasteiger partial charge in [0.25, 0.3) is 5.56 Å². The molecule has 192 valence electrons. The number of para-hydroxylation sites is 1. The summed E-state index contributed by atoms with van der Waals surface area (Å²) in [6, 6.07) is 12.2. The number of carbonyl (C=O) groups is 2. The second kappa shape index (κ2) is 11.4. The number of carbonyl (C=O) groups excluding carboxylic acids is 2. The maximum atomic E-state index is 12.7. The number of amidine groups is 1. The Balaban J connectivity index is 1.64. The number of amides is 2. The number of aromatic nitrogens is 2. The standard InChI is InChI=1S/C24H22ClN5O6S/c1-2-36-15-9-4-3-8-14(15)19(18-21(33)28-23(35)29-22(18)34)27-24-30-20(32)16(37-24)11-17(31)26-13-7-5-6-12(25)10-13/h3-10,16,19H,2,11H2,1H3,(H,26,31)(H,27,30,32)(H3,28,29,33,34,35)/t16-,19-/m0/s1. The van der Waals surface area contributed by atoms with Crippen LogP contribution in [0.25, 0.3) is 0 Å². The number of nitrogens with zero attached hydrogens (tertiary/aromatic N) is 1. The normalized spacial score (nSPS) is 16.9. The van der Waals surface area contributed by atoms with E-state index in [2.05, 4.69) is 25.6 Å². The molecule has 1 aromatic heterocycles. The summed E-state index contributed by atoms with van der Waals surface area (Å²) < 4.78 is 5.68. The van der Waals surface area contributed by atoms with Gasteiger partial charge in [-0.2, -0.15) is 0 Å². The molecule has 0 bridgehead atoms. The van der Waals surface area contributed by atoms with Crippen molar-refractivity contribution in [3.8, 4) is 11.6 Å². The molecule has 2 atom stereocenters. The third-order valence-electron chi connectivity index (χ3n) is 5.25. The van der Waals surface area contributed by atoms with Crippen molar-refractivity contribution >= 4 is 46.0 Å². The van der Waals surface area contributed by atoms with E-state index < -0.39 is 40.2 Å². The van der Waals surface area contributed by atoms with Gasteiger partial charge >= 0.3 is 5.69 Å². The maximum Gasteiger partial charge on any atom is 0.328 e. The molecule has 0 unspecified atom stereocenters. The first-order chi connectivity index (χ1) is 17.7. The summed E-state index contributed by atoms with van der Waals surface area (Å²) in [6.07, 6.45) is -0.146. The molecule has 0 aliphatic carbocycles. The van der Waals surface area contributed by atoms with Crippen molar-refractivity contribution in [2.45, 2.75) is 24.6 Å². The summed E-state index contributed by atoms with van der Waals surface area (Å²) >= 11 is 6.95. The first-order valence-corrected chi connectivity index (χ1v) is 12.4. The van der Waals surface area contributed by atoms with E-state index in [0.717, 1.165) is 11.8 Å². The van der Waals surface area contributed by atoms with Crippen LogP contribution in [-0.4, -0.2) is 43.9 Å². The Morgan fingerprint density at radius 3 is 2.70 bits per heavy atom. The minimum absolute atomic E-state index is 0.131. The quantitative estimate of drug-likeness (QED) is 0.291. The predicted octanol–water partition coefficient (Wildman–Crippen LogP) is 2.53. The molecule has 2 aromatic carbocycles. The molecular weight excluding hydrogens is 522 g/mol. The molecular formula is C24H22ClN5O6S. The Kier molecular flexibility index (Phi) is 7.99. The number of rotatable bonds is 8. The summed E-state index contributed by atoms with van der Waals surface area (Å²) in [7, 11) is 0. The molecule has 1 fully saturated rings. The van der Waals surface area contributed by atoms with Crippen molar-refractivity contribution in [1.82, 2.24) is 15.3 Å². The van der Waals surface area contributed by atoms with Crippen LogP contribution >= 0.6 is 23.4 Å². The molecule has 13 heteroatoms. The van der Waals surface area contributed by atoms with Gasteiger partial charge in [0.1, 0.15) is 22.6 Å². The molecule has 1 saturated heterocycles. The SMILES string of the molecule is CCOc1ccccc1[C@H](N=C1NC(=O)[C@H](CC(=O)Nc2cccc(Cl)c2)S1)c1c(O)[nH]c(=O)[nH]c1=O. The third-order valence-corrected chi connectivity index (χ3v) is 6.58. The minimum atomic E-state index is -1.15. The summed E-state index contributed by atoms with van der Waals surface area (Å²) in [4.78, 5) is 58.2. The number of thioether (sulfide) groups is 1. The molecule has 37 heavy (non-hydrogen) atoms. The Morgan fingerprint density at radius 1 is 1.19 bits per heavy atom. The number of hydrogen-bond acceptors (Lipinski definition) is 8. The lowest BCUT2D eigenvalue weighted by atomic mass is 10.00. The van der Waals surface area contributed by atoms with E-state index in [1.807, 2.05) is 0 Å². The van der Waals surface area contributed by atoms with Crippen molar-refractivity contribution in [3.63, 3.8) is 0 Å². The number of hydrogen-bond donors (Lipinski definition) is 5. The summed E-state index contributed by atoms with van der Waals surface area (Å²) in [5.41, 5.74) is -1.06. The Bertz CT molecular complexity index is 1490. The highest BCUT2D eigenvalue weighted by molar-refractivity contribution is 8.15. The van der Waals surface area contributed by atoms with Crippen LogP contribution in [0.1, 0.15) is 30.5 Å². The lowest BCUT2D eigenvalue weighted by Gasteiger charge is -2.18. The zero-order valence-electron chi connectivity index (χ0n) is 19.4. The molecule has 11 nitrogen and oxygen atoms in total. The average Bonchev–Trinajstić information content (AvgIpc) is 3.16. The van der Waals surface area contributed by atoms with Gasteiger partial charge < -0.3 is 20.5 Å². The van der Waals surface area contributed by atoms with Gasteiger partial charge in [-0.1, -0.05) is 47.6 Å². The lowest BCUT2D eigenvalue weighted by Crippen LogP contribution is -2.29. The molecule has 0 spiro atoms. The highest BCUT2D eigenvalue weighted by Gasteiger charge is 2.34. The fourth-order valence-electron chi connectivity index (χ4n) is 3.69. The third kappa shape index (κ3) is 6.22. The largest absolute Gasteiger partial charge is 0.494 e. The zero-order chi connectivity index (χ0) is 26.5. The number of nitrogens with one attached hydrogen (secondary N) is 4. The molecule has 2 amide bonds. The topological polar surface area (TPSA) is 166 Å². The number of ether oxygens (including phenoxy) is 1. The number of benzene rings is 2. The molecule has 4 rings (SSSR count). The Morgan fingerprint density at radius 2 is 1.97 bits per heavy atom. The fourth-order valence-corrected chi connectivity index (χ4v) is 4.87. The highest BCUT2D eigenvalue weighted by Crippen LogP contribution is 2.36. The number of aliphatic imine (C=N–C) groups is 1. The van der Waals surface area contributed by atoms with E-state index in [1.165, 1.54) is 0 Å². The van der Waals surface area contributed by atoms with E-state index in [0.29, 0.717) is 28.6 Å². The van der Waals surface area contributed by atoms with Crippen LogP contribution in [0.2, 0.25) is 5.02 Å². The average molecular weight is 544 g/mol. The number of aromatic amines is 2. The van der Waals surface area contributed by atoms with Crippen LogP contribution in [-0.2, 0) is 9.59 Å². The second-order valence-electron chi connectivity index (χ2n) is 7.84. The zero-order valence-corrected chi connectivity index (χ0v) is 21.0. The molecule has 1 aliphatic rings. The molecule has 5 N–H and O–H groups in total. The van der Waals surface area contributed by atoms with Crippen LogP contribution < -0.4 is 26.6 Å². The van der Waals surface area contributed by atoms with Crippen molar-refractivity contribution in [1.29, 1.82) is 0 Å². The van der Waals surface area contributed by atoms with Crippen molar-refractivity contribution < 1.29 is 19.4 Å². The molecule has 3 aromatic rings. The first-order valence-electron chi connectivity index (χ1n) is 11.1. The van der Waals surface area contributed by atoms with Gasteiger partial charge in [0, 0.05) is 22.7 Å². The highest BCUT2D eigenvalue weighted by atomic mass is 35.5. The van der Waals surface area contributed by atoms with Gasteiger partial charge in [0.15, 0.2) is 5.17 Å². The second-order valence-corrected chi connectivity index (χ2v) is 9.46. The molecule has 1 aliphatic heterocycles. The predicted molar refractivity (Wildman–Crippen MR) is 140 cm³/mol. The number of H-pyrrole nitrogens is 2. The minimum Gasteiger partial charge on any atom is -0.494 e. The van der Waals surface area contributed by atoms with Crippen molar-refractivity contribution in [2.75, 3.05) is 11.9 Å². The maximum absolute atomic E-state index is 12.7. The van der Waals surface area contributed by atoms with Crippen LogP contribution in [0, 0.1) is 0 Å². The smallest absolute Gasteiger partial charge is 0.328 e. The lowest BCUT2D eigenvalue weighted by molar-refractivity contribution is -0.122. The number of anilines is 1. The Hall–Kier alpha value is -4.03. The molecule has 0 radical (unpaired) electrons. The van der Waals surface area contributed by atoms with Gasteiger partial charge in [0.2, 0.25) is 17.7 Å². The van der Waals surface area contributed by atoms with E-state index in [1.54, 1.807) is 55.5 Å². The monoisotopic (exact) mass is 543 g/mol. The molecule has 0 saturated carbocycles. The number of aromatic hydroxyl groups is 1.